The van der Waals surface area contributed by atoms with Crippen molar-refractivity contribution in [1.82, 2.24) is 0 Å². The molecule has 0 spiro atoms. The van der Waals surface area contributed by atoms with E-state index >= 15 is 0 Å². The Balaban J connectivity index is 1.99. The fourth-order valence-corrected chi connectivity index (χ4v) is 1.57. The summed E-state index contributed by atoms with van der Waals surface area (Å²) in [5.41, 5.74) is 0.468. The summed E-state index contributed by atoms with van der Waals surface area (Å²) in [6, 6.07) is 5.82. The molecule has 1 amide bonds. The lowest BCUT2D eigenvalue weighted by Gasteiger charge is -2.10. The number of halogens is 1. The van der Waals surface area contributed by atoms with Gasteiger partial charge in [0.15, 0.2) is 0 Å². The molecule has 1 N–H and O–H groups in total. The van der Waals surface area contributed by atoms with Gasteiger partial charge in [-0.2, -0.15) is 0 Å². The van der Waals surface area contributed by atoms with Gasteiger partial charge in [-0.15, -0.1) is 0 Å². The van der Waals surface area contributed by atoms with Crippen molar-refractivity contribution in [2.24, 2.45) is 0 Å². The molecule has 0 unspecified atom stereocenters. The maximum Gasteiger partial charge on any atom is 0.253 e. The summed E-state index contributed by atoms with van der Waals surface area (Å²) in [5, 5.41) is 2.62. The number of rotatable bonds is 2. The number of ether oxygens (including phenoxy) is 1. The summed E-state index contributed by atoms with van der Waals surface area (Å²) >= 11 is 0. The minimum absolute atomic E-state index is 0.196. The van der Waals surface area contributed by atoms with Gasteiger partial charge in [0.2, 0.25) is 0 Å². The zero-order chi connectivity index (χ0) is 10.7. The smallest absolute Gasteiger partial charge is 0.253 e. The van der Waals surface area contributed by atoms with Crippen molar-refractivity contribution in [2.75, 3.05) is 11.9 Å². The summed E-state index contributed by atoms with van der Waals surface area (Å²) in [4.78, 5) is 11.6. The highest BCUT2D eigenvalue weighted by Crippen LogP contribution is 2.15. The van der Waals surface area contributed by atoms with Crippen molar-refractivity contribution in [1.29, 1.82) is 0 Å². The standard InChI is InChI=1S/C11H12FNO2/c12-8-3-1-4-9(7-8)13-11(14)10-5-2-6-15-10/h1,3-4,7,10H,2,5-6H2,(H,13,14)/t10-/m0/s1. The Labute approximate surface area is 87.2 Å². The lowest BCUT2D eigenvalue weighted by atomic mass is 10.2. The van der Waals surface area contributed by atoms with E-state index in [1.807, 2.05) is 0 Å². The van der Waals surface area contributed by atoms with Gasteiger partial charge in [0.05, 0.1) is 0 Å². The molecule has 0 radical (unpaired) electrons. The number of hydrogen-bond acceptors (Lipinski definition) is 2. The molecule has 1 saturated heterocycles. The first-order chi connectivity index (χ1) is 7.25. The van der Waals surface area contributed by atoms with Crippen LogP contribution < -0.4 is 5.32 Å². The average Bonchev–Trinajstić information content (AvgIpc) is 2.70. The van der Waals surface area contributed by atoms with Gasteiger partial charge in [-0.3, -0.25) is 4.79 Å². The van der Waals surface area contributed by atoms with Crippen molar-refractivity contribution in [2.45, 2.75) is 18.9 Å². The second kappa shape index (κ2) is 4.40. The van der Waals surface area contributed by atoms with E-state index in [2.05, 4.69) is 5.32 Å². The van der Waals surface area contributed by atoms with Crippen LogP contribution in [0.15, 0.2) is 24.3 Å². The maximum atomic E-state index is 12.8. The Hall–Kier alpha value is -1.42. The predicted octanol–water partition coefficient (Wildman–Crippen LogP) is 1.94. The highest BCUT2D eigenvalue weighted by molar-refractivity contribution is 5.94. The molecule has 2 rings (SSSR count). The van der Waals surface area contributed by atoms with E-state index in [9.17, 15) is 9.18 Å². The number of hydrogen-bond donors (Lipinski definition) is 1. The molecule has 1 aromatic carbocycles. The molecule has 80 valence electrons. The van der Waals surface area contributed by atoms with Gasteiger partial charge in [0.25, 0.3) is 5.91 Å². The maximum absolute atomic E-state index is 12.8. The SMILES string of the molecule is O=C(Nc1cccc(F)c1)[C@@H]1CCCO1. The highest BCUT2D eigenvalue weighted by atomic mass is 19.1. The molecule has 1 aliphatic rings. The first-order valence-electron chi connectivity index (χ1n) is 4.94. The lowest BCUT2D eigenvalue weighted by Crippen LogP contribution is -2.26. The van der Waals surface area contributed by atoms with Crippen LogP contribution >= 0.6 is 0 Å². The molecule has 0 aliphatic carbocycles. The van der Waals surface area contributed by atoms with Gasteiger partial charge in [0.1, 0.15) is 11.9 Å². The number of anilines is 1. The molecule has 1 aromatic rings. The molecule has 0 saturated carbocycles. The van der Waals surface area contributed by atoms with Crippen molar-refractivity contribution < 1.29 is 13.9 Å². The summed E-state index contributed by atoms with van der Waals surface area (Å²) in [7, 11) is 0. The zero-order valence-corrected chi connectivity index (χ0v) is 8.20. The van der Waals surface area contributed by atoms with Crippen LogP contribution in [0.25, 0.3) is 0 Å². The van der Waals surface area contributed by atoms with Gasteiger partial charge < -0.3 is 10.1 Å². The average molecular weight is 209 g/mol. The number of benzene rings is 1. The van der Waals surface area contributed by atoms with Crippen LogP contribution in [0.2, 0.25) is 0 Å². The van der Waals surface area contributed by atoms with E-state index in [0.29, 0.717) is 12.3 Å². The van der Waals surface area contributed by atoms with Crippen LogP contribution in [0.1, 0.15) is 12.8 Å². The minimum Gasteiger partial charge on any atom is -0.368 e. The Morgan fingerprint density at radius 1 is 1.53 bits per heavy atom. The molecule has 4 heteroatoms. The van der Waals surface area contributed by atoms with E-state index in [1.54, 1.807) is 12.1 Å². The summed E-state index contributed by atoms with van der Waals surface area (Å²) in [5.74, 6) is -0.557. The van der Waals surface area contributed by atoms with Crippen molar-refractivity contribution in [3.63, 3.8) is 0 Å². The van der Waals surface area contributed by atoms with Crippen LogP contribution in [0.5, 0.6) is 0 Å². The second-order valence-corrected chi connectivity index (χ2v) is 3.50. The Bertz CT molecular complexity index is 361. The Morgan fingerprint density at radius 2 is 2.40 bits per heavy atom. The molecule has 3 nitrogen and oxygen atoms in total. The highest BCUT2D eigenvalue weighted by Gasteiger charge is 2.23. The normalized spacial score (nSPS) is 20.2. The minimum atomic E-state index is -0.381. The third-order valence-corrected chi connectivity index (χ3v) is 2.31. The first kappa shape index (κ1) is 10.1. The van der Waals surface area contributed by atoms with Crippen LogP contribution in [-0.2, 0) is 9.53 Å². The molecular weight excluding hydrogens is 197 g/mol. The molecule has 1 aliphatic heterocycles. The number of amides is 1. The van der Waals surface area contributed by atoms with Crippen LogP contribution in [-0.4, -0.2) is 18.6 Å². The molecule has 0 bridgehead atoms. The van der Waals surface area contributed by atoms with E-state index in [1.165, 1.54) is 12.1 Å². The van der Waals surface area contributed by atoms with E-state index in [0.717, 1.165) is 12.8 Å². The molecule has 1 heterocycles. The Morgan fingerprint density at radius 3 is 3.07 bits per heavy atom. The Kier molecular flexibility index (Phi) is 2.97. The summed E-state index contributed by atoms with van der Waals surface area (Å²) in [6.45, 7) is 0.626. The molecule has 15 heavy (non-hydrogen) atoms. The second-order valence-electron chi connectivity index (χ2n) is 3.50. The predicted molar refractivity (Wildman–Crippen MR) is 54.0 cm³/mol. The topological polar surface area (TPSA) is 38.3 Å². The van der Waals surface area contributed by atoms with E-state index < -0.39 is 0 Å². The van der Waals surface area contributed by atoms with Crippen molar-refractivity contribution in [3.05, 3.63) is 30.1 Å². The third-order valence-electron chi connectivity index (χ3n) is 2.31. The van der Waals surface area contributed by atoms with E-state index in [4.69, 9.17) is 4.74 Å². The van der Waals surface area contributed by atoms with Crippen molar-refractivity contribution >= 4 is 11.6 Å². The summed E-state index contributed by atoms with van der Waals surface area (Å²) < 4.78 is 18.0. The van der Waals surface area contributed by atoms with Gasteiger partial charge in [-0.1, -0.05) is 6.07 Å². The van der Waals surface area contributed by atoms with Crippen LogP contribution in [0.3, 0.4) is 0 Å². The fraction of sp³-hybridized carbons (Fsp3) is 0.364. The summed E-state index contributed by atoms with van der Waals surface area (Å²) in [6.07, 6.45) is 1.26. The first-order valence-corrected chi connectivity index (χ1v) is 4.94. The molecule has 0 aromatic heterocycles. The monoisotopic (exact) mass is 209 g/mol. The van der Waals surface area contributed by atoms with Gasteiger partial charge in [-0.25, -0.2) is 4.39 Å². The zero-order valence-electron chi connectivity index (χ0n) is 8.20. The number of carbonyl (C=O) groups is 1. The van der Waals surface area contributed by atoms with E-state index in [-0.39, 0.29) is 17.8 Å². The third kappa shape index (κ3) is 2.53. The molecular formula is C11H12FNO2. The quantitative estimate of drug-likeness (QED) is 0.808. The van der Waals surface area contributed by atoms with Gasteiger partial charge >= 0.3 is 0 Å². The molecule has 1 atom stereocenters. The number of carbonyl (C=O) groups excluding carboxylic acids is 1. The van der Waals surface area contributed by atoms with Gasteiger partial charge in [0, 0.05) is 12.3 Å². The molecule has 1 fully saturated rings. The fourth-order valence-electron chi connectivity index (χ4n) is 1.57. The van der Waals surface area contributed by atoms with Crippen LogP contribution in [0.4, 0.5) is 10.1 Å². The van der Waals surface area contributed by atoms with Crippen molar-refractivity contribution in [3.8, 4) is 0 Å². The van der Waals surface area contributed by atoms with Crippen LogP contribution in [0, 0.1) is 5.82 Å². The van der Waals surface area contributed by atoms with Gasteiger partial charge in [-0.05, 0) is 31.0 Å². The lowest BCUT2D eigenvalue weighted by molar-refractivity contribution is -0.124. The largest absolute Gasteiger partial charge is 0.368 e. The number of nitrogens with one attached hydrogen (secondary N) is 1.